The zero-order valence-corrected chi connectivity index (χ0v) is 30.3. The smallest absolute Gasteiger partial charge is 0.267 e. The van der Waals surface area contributed by atoms with Crippen LogP contribution in [0.25, 0.3) is 11.1 Å². The molecule has 0 radical (unpaired) electrons. The first-order valence-electron chi connectivity index (χ1n) is 15.1. The van der Waals surface area contributed by atoms with E-state index < -0.39 is 0 Å². The minimum absolute atomic E-state index is 0.314. The number of nitrogens with zero attached hydrogens (tertiary/aromatic N) is 2. The van der Waals surface area contributed by atoms with Crippen LogP contribution < -0.4 is 30.7 Å². The molecule has 2 aromatic heterocycles. The average molecular weight is 746 g/mol. The Morgan fingerprint density at radius 3 is 1.98 bits per heavy atom. The number of amides is 2. The van der Waals surface area contributed by atoms with Gasteiger partial charge in [0.1, 0.15) is 21.3 Å². The minimum atomic E-state index is -0.332. The first-order valence-corrected chi connectivity index (χ1v) is 17.5. The number of thiazole rings is 2. The number of aryl methyl sites for hydroxylation is 2. The highest BCUT2D eigenvalue weighted by Crippen LogP contribution is 2.41. The van der Waals surface area contributed by atoms with Crippen molar-refractivity contribution >= 4 is 90.7 Å². The zero-order valence-electron chi connectivity index (χ0n) is 27.2. The number of ether oxygens (including phenoxy) is 2. The molecule has 50 heavy (non-hydrogen) atoms. The lowest BCUT2D eigenvalue weighted by Crippen LogP contribution is -2.11. The molecular weight excluding hydrogens is 715 g/mol. The number of anilines is 6. The fraction of sp³-hybridized carbons (Fsp3) is 0.111. The highest BCUT2D eigenvalue weighted by Gasteiger charge is 2.19. The molecular formula is C36H30Cl2N6O4S2. The van der Waals surface area contributed by atoms with Crippen LogP contribution in [0.2, 0.25) is 10.0 Å². The Kier molecular flexibility index (Phi) is 10.5. The van der Waals surface area contributed by atoms with Gasteiger partial charge in [0.2, 0.25) is 0 Å². The Morgan fingerprint density at radius 2 is 1.34 bits per heavy atom. The summed E-state index contributed by atoms with van der Waals surface area (Å²) in [5.74, 6) is 0.610. The molecule has 0 atom stereocenters. The summed E-state index contributed by atoms with van der Waals surface area (Å²) in [4.78, 5) is 35.8. The number of hydrogen-bond donors (Lipinski definition) is 4. The SMILES string of the molecule is COc1cccc(Nc2ncc(C(=O)Nc3c(C)cc(-c4cccc(Nc5ncc(C(=O)Nc6c(C)cccc6Cl)s5)c4OC)cc3Cl)s2)c1. The number of carbonyl (C=O) groups excluding carboxylic acids is 2. The van der Waals surface area contributed by atoms with Crippen LogP contribution in [0.1, 0.15) is 30.5 Å². The molecule has 0 fully saturated rings. The van der Waals surface area contributed by atoms with E-state index in [4.69, 9.17) is 32.7 Å². The second-order valence-electron chi connectivity index (χ2n) is 10.9. The number of methoxy groups -OCH3 is 2. The summed E-state index contributed by atoms with van der Waals surface area (Å²) in [5, 5.41) is 14.2. The van der Waals surface area contributed by atoms with Crippen LogP contribution in [0, 0.1) is 13.8 Å². The van der Waals surface area contributed by atoms with E-state index in [-0.39, 0.29) is 11.8 Å². The van der Waals surface area contributed by atoms with Gasteiger partial charge in [-0.15, -0.1) is 0 Å². The van der Waals surface area contributed by atoms with Crippen molar-refractivity contribution in [3.63, 3.8) is 0 Å². The summed E-state index contributed by atoms with van der Waals surface area (Å²) >= 11 is 15.5. The molecule has 2 amide bonds. The van der Waals surface area contributed by atoms with Gasteiger partial charge in [0.05, 0.1) is 53.7 Å². The van der Waals surface area contributed by atoms with Crippen molar-refractivity contribution in [1.29, 1.82) is 0 Å². The molecule has 0 spiro atoms. The van der Waals surface area contributed by atoms with Gasteiger partial charge in [-0.1, -0.05) is 76.2 Å². The molecule has 0 saturated heterocycles. The van der Waals surface area contributed by atoms with Gasteiger partial charge in [-0.3, -0.25) is 9.59 Å². The molecule has 0 aliphatic carbocycles. The van der Waals surface area contributed by atoms with Gasteiger partial charge in [0.15, 0.2) is 10.3 Å². The summed E-state index contributed by atoms with van der Waals surface area (Å²) in [6.45, 7) is 3.74. The molecule has 10 nitrogen and oxygen atoms in total. The first kappa shape index (κ1) is 34.7. The molecule has 0 unspecified atom stereocenters. The molecule has 2 heterocycles. The van der Waals surface area contributed by atoms with Crippen LogP contribution in [-0.2, 0) is 0 Å². The Bertz CT molecular complexity index is 2180. The van der Waals surface area contributed by atoms with Gasteiger partial charge in [0.25, 0.3) is 11.8 Å². The molecule has 6 rings (SSSR count). The molecule has 0 saturated carbocycles. The zero-order chi connectivity index (χ0) is 35.4. The third kappa shape index (κ3) is 7.68. The fourth-order valence-corrected chi connectivity index (χ4v) is 7.13. The van der Waals surface area contributed by atoms with Gasteiger partial charge in [-0.2, -0.15) is 0 Å². The van der Waals surface area contributed by atoms with Crippen molar-refractivity contribution in [2.75, 3.05) is 35.5 Å². The first-order chi connectivity index (χ1) is 24.1. The number of nitrogens with one attached hydrogen (secondary N) is 4. The number of aromatic nitrogens is 2. The number of hydrogen-bond acceptors (Lipinski definition) is 10. The lowest BCUT2D eigenvalue weighted by atomic mass is 10.0. The van der Waals surface area contributed by atoms with Gasteiger partial charge >= 0.3 is 0 Å². The Labute approximate surface area is 306 Å². The van der Waals surface area contributed by atoms with Crippen LogP contribution in [0.15, 0.2) is 85.2 Å². The lowest BCUT2D eigenvalue weighted by Gasteiger charge is -2.16. The molecule has 0 aliphatic rings. The van der Waals surface area contributed by atoms with Crippen LogP contribution >= 0.6 is 45.9 Å². The van der Waals surface area contributed by atoms with Gasteiger partial charge < -0.3 is 30.7 Å². The Morgan fingerprint density at radius 1 is 0.700 bits per heavy atom. The highest BCUT2D eigenvalue weighted by atomic mass is 35.5. The quantitative estimate of drug-likeness (QED) is 0.103. The van der Waals surface area contributed by atoms with E-state index >= 15 is 0 Å². The molecule has 0 bridgehead atoms. The fourth-order valence-electron chi connectivity index (χ4n) is 5.09. The third-order valence-electron chi connectivity index (χ3n) is 7.54. The van der Waals surface area contributed by atoms with Crippen LogP contribution in [0.4, 0.5) is 33.0 Å². The maximum Gasteiger partial charge on any atom is 0.267 e. The minimum Gasteiger partial charge on any atom is -0.497 e. The van der Waals surface area contributed by atoms with E-state index in [0.717, 1.165) is 27.9 Å². The van der Waals surface area contributed by atoms with Crippen LogP contribution in [-0.4, -0.2) is 36.0 Å². The number of rotatable bonds is 11. The largest absolute Gasteiger partial charge is 0.497 e. The Balaban J connectivity index is 1.17. The van der Waals surface area contributed by atoms with Crippen LogP contribution in [0.3, 0.4) is 0 Å². The number of carbonyl (C=O) groups is 2. The summed E-state index contributed by atoms with van der Waals surface area (Å²) in [5.41, 5.74) is 5.64. The predicted octanol–water partition coefficient (Wildman–Crippen LogP) is 10.2. The molecule has 0 aliphatic heterocycles. The Hall–Kier alpha value is -5.14. The topological polar surface area (TPSA) is 127 Å². The van der Waals surface area contributed by atoms with Gasteiger partial charge in [-0.05, 0) is 66.9 Å². The van der Waals surface area contributed by atoms with E-state index in [1.807, 2.05) is 74.5 Å². The van der Waals surface area contributed by atoms with Crippen molar-refractivity contribution in [1.82, 2.24) is 9.97 Å². The van der Waals surface area contributed by atoms with Crippen molar-refractivity contribution < 1.29 is 19.1 Å². The maximum absolute atomic E-state index is 13.2. The van der Waals surface area contributed by atoms with Crippen molar-refractivity contribution in [3.8, 4) is 22.6 Å². The normalized spacial score (nSPS) is 10.8. The summed E-state index contributed by atoms with van der Waals surface area (Å²) in [6.07, 6.45) is 3.02. The number of para-hydroxylation sites is 2. The van der Waals surface area contributed by atoms with Gasteiger partial charge in [0, 0.05) is 17.3 Å². The van der Waals surface area contributed by atoms with E-state index in [1.165, 1.54) is 35.1 Å². The lowest BCUT2D eigenvalue weighted by molar-refractivity contribution is 0.102. The summed E-state index contributed by atoms with van der Waals surface area (Å²) < 4.78 is 11.1. The second-order valence-corrected chi connectivity index (χ2v) is 13.8. The number of halogens is 2. The van der Waals surface area contributed by atoms with E-state index in [2.05, 4.69) is 31.2 Å². The molecule has 254 valence electrons. The molecule has 4 aromatic carbocycles. The second kappa shape index (κ2) is 15.2. The van der Waals surface area contributed by atoms with Crippen molar-refractivity contribution in [3.05, 3.63) is 116 Å². The van der Waals surface area contributed by atoms with E-state index in [0.29, 0.717) is 58.6 Å². The van der Waals surface area contributed by atoms with Crippen molar-refractivity contribution in [2.24, 2.45) is 0 Å². The monoisotopic (exact) mass is 744 g/mol. The molecule has 6 aromatic rings. The number of benzene rings is 4. The van der Waals surface area contributed by atoms with E-state index in [1.54, 1.807) is 26.4 Å². The third-order valence-corrected chi connectivity index (χ3v) is 9.97. The van der Waals surface area contributed by atoms with Crippen LogP contribution in [0.5, 0.6) is 11.5 Å². The summed E-state index contributed by atoms with van der Waals surface area (Å²) in [6, 6.07) is 22.2. The van der Waals surface area contributed by atoms with E-state index in [9.17, 15) is 9.59 Å². The maximum atomic E-state index is 13.2. The average Bonchev–Trinajstić information content (AvgIpc) is 3.78. The summed E-state index contributed by atoms with van der Waals surface area (Å²) in [7, 11) is 3.18. The standard InChI is InChI=1S/C36H30Cl2N6O4S2/c1-19-8-5-12-25(37)30(19)43-33(45)29-18-40-36(50-29)42-27-13-7-11-24(32(27)48-4)21-14-20(2)31(26(38)15-21)44-34(46)28-17-39-35(49-28)41-22-9-6-10-23(16-22)47-3/h5-18H,1-4H3,(H,39,41)(H,40,42)(H,43,45)(H,44,46). The predicted molar refractivity (Wildman–Crippen MR) is 204 cm³/mol. The molecule has 4 N–H and O–H groups in total. The molecule has 14 heteroatoms. The highest BCUT2D eigenvalue weighted by molar-refractivity contribution is 7.18. The van der Waals surface area contributed by atoms with Crippen molar-refractivity contribution in [2.45, 2.75) is 13.8 Å². The van der Waals surface area contributed by atoms with Gasteiger partial charge in [-0.25, -0.2) is 9.97 Å².